The van der Waals surface area contributed by atoms with Gasteiger partial charge in [0.15, 0.2) is 0 Å². The fraction of sp³-hybridized carbons (Fsp3) is 0.400. The van der Waals surface area contributed by atoms with Gasteiger partial charge in [0.25, 0.3) is 0 Å². The van der Waals surface area contributed by atoms with E-state index < -0.39 is 0 Å². The van der Waals surface area contributed by atoms with E-state index in [0.717, 1.165) is 24.0 Å². The van der Waals surface area contributed by atoms with Gasteiger partial charge in [-0.3, -0.25) is 0 Å². The average molecular weight is 324 g/mol. The van der Waals surface area contributed by atoms with Crippen molar-refractivity contribution in [3.8, 4) is 11.5 Å². The van der Waals surface area contributed by atoms with Gasteiger partial charge in [0.2, 0.25) is 0 Å². The van der Waals surface area contributed by atoms with Crippen molar-refractivity contribution >= 4 is 0 Å². The van der Waals surface area contributed by atoms with Gasteiger partial charge in [0.05, 0.1) is 12.1 Å². The van der Waals surface area contributed by atoms with Crippen LogP contribution in [0.2, 0.25) is 0 Å². The van der Waals surface area contributed by atoms with Crippen molar-refractivity contribution in [2.45, 2.75) is 49.9 Å². The summed E-state index contributed by atoms with van der Waals surface area (Å²) in [5, 5.41) is 28.2. The highest BCUT2D eigenvalue weighted by atomic mass is 16.3. The van der Waals surface area contributed by atoms with Gasteiger partial charge in [-0.15, -0.1) is 0 Å². The molecule has 2 aliphatic rings. The highest BCUT2D eigenvalue weighted by Gasteiger charge is 2.40. The molecule has 2 aromatic rings. The molecule has 0 amide bonds. The third-order valence-electron chi connectivity index (χ3n) is 5.43. The van der Waals surface area contributed by atoms with Crippen molar-refractivity contribution in [2.75, 3.05) is 0 Å². The average Bonchev–Trinajstić information content (AvgIpc) is 2.62. The lowest BCUT2D eigenvalue weighted by atomic mass is 9.81. The number of piperazine rings is 1. The number of hydrogen-bond donors (Lipinski definition) is 4. The Balaban J connectivity index is 1.75. The van der Waals surface area contributed by atoms with Crippen LogP contribution in [0.1, 0.15) is 48.9 Å². The molecule has 1 heterocycles. The van der Waals surface area contributed by atoms with Crippen LogP contribution in [0.4, 0.5) is 0 Å². The van der Waals surface area contributed by atoms with Gasteiger partial charge in [0, 0.05) is 23.2 Å². The van der Waals surface area contributed by atoms with Crippen LogP contribution >= 0.6 is 0 Å². The van der Waals surface area contributed by atoms with Crippen molar-refractivity contribution < 1.29 is 10.2 Å². The van der Waals surface area contributed by atoms with Gasteiger partial charge in [-0.05, 0) is 25.0 Å². The molecule has 1 saturated carbocycles. The number of rotatable bonds is 2. The van der Waals surface area contributed by atoms with E-state index in [0.29, 0.717) is 23.6 Å². The number of phenolic OH excluding ortho intramolecular Hbond substituents is 2. The zero-order chi connectivity index (χ0) is 16.5. The van der Waals surface area contributed by atoms with E-state index >= 15 is 0 Å². The summed E-state index contributed by atoms with van der Waals surface area (Å²) in [6, 6.07) is 15.6. The largest absolute Gasteiger partial charge is 0.508 e. The van der Waals surface area contributed by atoms with Crippen molar-refractivity contribution in [1.29, 1.82) is 0 Å². The molecule has 2 fully saturated rings. The van der Waals surface area contributed by atoms with Crippen LogP contribution in [0.15, 0.2) is 48.5 Å². The zero-order valence-corrected chi connectivity index (χ0v) is 13.7. The third kappa shape index (κ3) is 2.76. The van der Waals surface area contributed by atoms with E-state index in [1.807, 2.05) is 36.4 Å². The van der Waals surface area contributed by atoms with Gasteiger partial charge in [-0.1, -0.05) is 49.2 Å². The lowest BCUT2D eigenvalue weighted by molar-refractivity contribution is 0.165. The minimum Gasteiger partial charge on any atom is -0.508 e. The van der Waals surface area contributed by atoms with Crippen LogP contribution in [0, 0.1) is 0 Å². The summed E-state index contributed by atoms with van der Waals surface area (Å²) in [5.74, 6) is 0.595. The number of phenols is 2. The summed E-state index contributed by atoms with van der Waals surface area (Å²) in [6.07, 6.45) is 4.78. The standard InChI is InChI=1S/C20H24N2O2/c23-17-11-5-1-7-13(17)19-20(14-8-2-6-12-18(14)24)22-16-10-4-3-9-15(16)21-19/h1-2,5-8,11-12,15-16,19-24H,3-4,9-10H2/t15-,16-,19-,20-/m1/s1. The normalized spacial score (nSPS) is 29.8. The summed E-state index contributed by atoms with van der Waals surface area (Å²) in [5.41, 5.74) is 1.75. The molecule has 0 unspecified atom stereocenters. The molecule has 0 spiro atoms. The summed E-state index contributed by atoms with van der Waals surface area (Å²) in [4.78, 5) is 0. The first-order valence-electron chi connectivity index (χ1n) is 8.82. The monoisotopic (exact) mass is 324 g/mol. The highest BCUT2D eigenvalue weighted by Crippen LogP contribution is 2.41. The summed E-state index contributed by atoms with van der Waals surface area (Å²) >= 11 is 0. The van der Waals surface area contributed by atoms with Crippen molar-refractivity contribution in [1.82, 2.24) is 10.6 Å². The first-order valence-corrected chi connectivity index (χ1v) is 8.82. The van der Waals surface area contributed by atoms with Crippen molar-refractivity contribution in [3.63, 3.8) is 0 Å². The van der Waals surface area contributed by atoms with Gasteiger partial charge >= 0.3 is 0 Å². The van der Waals surface area contributed by atoms with E-state index in [4.69, 9.17) is 0 Å². The number of aromatic hydroxyl groups is 2. The fourth-order valence-electron chi connectivity index (χ4n) is 4.22. The molecular formula is C20H24N2O2. The van der Waals surface area contributed by atoms with Crippen LogP contribution in [-0.4, -0.2) is 22.3 Å². The quantitative estimate of drug-likeness (QED) is 0.684. The molecule has 1 aliphatic heterocycles. The maximum absolute atomic E-state index is 10.4. The molecule has 4 rings (SSSR count). The van der Waals surface area contributed by atoms with Crippen molar-refractivity contribution in [2.24, 2.45) is 0 Å². The Kier molecular flexibility index (Phi) is 4.17. The van der Waals surface area contributed by atoms with E-state index in [9.17, 15) is 10.2 Å². The molecule has 2 aromatic carbocycles. The second-order valence-corrected chi connectivity index (χ2v) is 6.90. The predicted molar refractivity (Wildman–Crippen MR) is 94.0 cm³/mol. The molecule has 126 valence electrons. The molecular weight excluding hydrogens is 300 g/mol. The Morgan fingerprint density at radius 1 is 0.667 bits per heavy atom. The minimum absolute atomic E-state index is 0.0705. The van der Waals surface area contributed by atoms with Crippen LogP contribution in [0.3, 0.4) is 0 Å². The Morgan fingerprint density at radius 2 is 1.08 bits per heavy atom. The van der Waals surface area contributed by atoms with Gasteiger partial charge in [-0.25, -0.2) is 0 Å². The molecule has 1 aliphatic carbocycles. The van der Waals surface area contributed by atoms with Crippen LogP contribution < -0.4 is 10.6 Å². The minimum atomic E-state index is -0.0705. The van der Waals surface area contributed by atoms with E-state index in [-0.39, 0.29) is 12.1 Å². The topological polar surface area (TPSA) is 64.5 Å². The highest BCUT2D eigenvalue weighted by molar-refractivity contribution is 5.42. The number of nitrogens with one attached hydrogen (secondary N) is 2. The molecule has 0 aromatic heterocycles. The predicted octanol–water partition coefficient (Wildman–Crippen LogP) is 3.38. The van der Waals surface area contributed by atoms with E-state index in [1.54, 1.807) is 12.1 Å². The second kappa shape index (κ2) is 6.46. The summed E-state index contributed by atoms with van der Waals surface area (Å²) < 4.78 is 0. The van der Waals surface area contributed by atoms with Crippen LogP contribution in [-0.2, 0) is 0 Å². The summed E-state index contributed by atoms with van der Waals surface area (Å²) in [7, 11) is 0. The van der Waals surface area contributed by atoms with Crippen LogP contribution in [0.25, 0.3) is 0 Å². The smallest absolute Gasteiger partial charge is 0.120 e. The molecule has 4 atom stereocenters. The Labute approximate surface area is 142 Å². The van der Waals surface area contributed by atoms with Crippen molar-refractivity contribution in [3.05, 3.63) is 59.7 Å². The third-order valence-corrected chi connectivity index (χ3v) is 5.43. The first kappa shape index (κ1) is 15.5. The SMILES string of the molecule is Oc1ccccc1[C@H]1N[C@@H]2CCCC[C@H]2N[C@@H]1c1ccccc1O. The first-order chi connectivity index (χ1) is 11.7. The molecule has 1 saturated heterocycles. The maximum atomic E-state index is 10.4. The number of fused-ring (bicyclic) bond motifs is 1. The van der Waals surface area contributed by atoms with Gasteiger partial charge < -0.3 is 20.8 Å². The Hall–Kier alpha value is -2.04. The van der Waals surface area contributed by atoms with E-state index in [2.05, 4.69) is 10.6 Å². The maximum Gasteiger partial charge on any atom is 0.120 e. The lowest BCUT2D eigenvalue weighted by Gasteiger charge is -2.46. The Bertz CT molecular complexity index is 657. The number of para-hydroxylation sites is 2. The van der Waals surface area contributed by atoms with E-state index in [1.165, 1.54) is 12.8 Å². The molecule has 24 heavy (non-hydrogen) atoms. The van der Waals surface area contributed by atoms with Gasteiger partial charge in [0.1, 0.15) is 11.5 Å². The summed E-state index contributed by atoms with van der Waals surface area (Å²) in [6.45, 7) is 0. The molecule has 4 N–H and O–H groups in total. The second-order valence-electron chi connectivity index (χ2n) is 6.90. The molecule has 0 radical (unpaired) electrons. The van der Waals surface area contributed by atoms with Crippen LogP contribution in [0.5, 0.6) is 11.5 Å². The van der Waals surface area contributed by atoms with Gasteiger partial charge in [-0.2, -0.15) is 0 Å². The molecule has 0 bridgehead atoms. The lowest BCUT2D eigenvalue weighted by Crippen LogP contribution is -2.59. The molecule has 4 heteroatoms. The number of benzene rings is 2. The molecule has 4 nitrogen and oxygen atoms in total. The zero-order valence-electron chi connectivity index (χ0n) is 13.7. The number of hydrogen-bond acceptors (Lipinski definition) is 4. The Morgan fingerprint density at radius 3 is 1.50 bits per heavy atom. The fourth-order valence-corrected chi connectivity index (χ4v) is 4.22.